The van der Waals surface area contributed by atoms with Gasteiger partial charge in [-0.15, -0.1) is 0 Å². The Morgan fingerprint density at radius 1 is 1.25 bits per heavy atom. The van der Waals surface area contributed by atoms with Crippen molar-refractivity contribution in [3.8, 4) is 6.07 Å². The number of carbonyl (C=O) groups excluding carboxylic acids is 1. The minimum Gasteiger partial charge on any atom is -0.341 e. The Bertz CT molecular complexity index is 407. The molecule has 1 aliphatic heterocycles. The zero-order valence-corrected chi connectivity index (χ0v) is 9.15. The first kappa shape index (κ1) is 10.7. The van der Waals surface area contributed by atoms with Crippen molar-refractivity contribution in [1.82, 2.24) is 4.90 Å². The third-order valence-corrected chi connectivity index (χ3v) is 3.00. The van der Waals surface area contributed by atoms with Gasteiger partial charge in [-0.25, -0.2) is 0 Å². The molecule has 0 bridgehead atoms. The van der Waals surface area contributed by atoms with E-state index in [1.54, 1.807) is 4.90 Å². The van der Waals surface area contributed by atoms with E-state index >= 15 is 0 Å². The van der Waals surface area contributed by atoms with Crippen LogP contribution in [-0.4, -0.2) is 23.9 Å². The Morgan fingerprint density at radius 3 is 2.31 bits per heavy atom. The molecule has 1 heterocycles. The van der Waals surface area contributed by atoms with Gasteiger partial charge in [0.2, 0.25) is 5.91 Å². The van der Waals surface area contributed by atoms with E-state index in [0.717, 1.165) is 25.9 Å². The van der Waals surface area contributed by atoms with Crippen molar-refractivity contribution in [2.24, 2.45) is 0 Å². The van der Waals surface area contributed by atoms with Crippen LogP contribution in [-0.2, 0) is 17.6 Å². The molecule has 1 amide bonds. The van der Waals surface area contributed by atoms with Crippen LogP contribution in [0.5, 0.6) is 0 Å². The van der Waals surface area contributed by atoms with Gasteiger partial charge in [-0.3, -0.25) is 4.79 Å². The molecule has 0 saturated heterocycles. The number of carbonyl (C=O) groups is 1. The second kappa shape index (κ2) is 4.80. The van der Waals surface area contributed by atoms with E-state index in [9.17, 15) is 4.79 Å². The van der Waals surface area contributed by atoms with Crippen LogP contribution in [0.4, 0.5) is 0 Å². The van der Waals surface area contributed by atoms with E-state index in [4.69, 9.17) is 5.26 Å². The summed E-state index contributed by atoms with van der Waals surface area (Å²) >= 11 is 0. The normalized spacial score (nSPS) is 14.8. The van der Waals surface area contributed by atoms with Crippen LogP contribution in [0.2, 0.25) is 0 Å². The zero-order valence-electron chi connectivity index (χ0n) is 9.15. The molecule has 82 valence electrons. The number of rotatable bonds is 1. The van der Waals surface area contributed by atoms with Crippen LogP contribution in [0, 0.1) is 11.3 Å². The molecular formula is C13H14N2O. The Labute approximate surface area is 95.3 Å². The number of hydrogen-bond acceptors (Lipinski definition) is 2. The maximum atomic E-state index is 11.6. The first-order chi connectivity index (χ1) is 7.81. The first-order valence-electron chi connectivity index (χ1n) is 5.53. The van der Waals surface area contributed by atoms with Gasteiger partial charge in [0.1, 0.15) is 6.42 Å². The molecule has 0 atom stereocenters. The quantitative estimate of drug-likeness (QED) is 0.711. The van der Waals surface area contributed by atoms with Gasteiger partial charge in [0.25, 0.3) is 0 Å². The first-order valence-corrected chi connectivity index (χ1v) is 5.53. The van der Waals surface area contributed by atoms with E-state index in [1.807, 2.05) is 18.2 Å². The Kier molecular flexibility index (Phi) is 3.21. The van der Waals surface area contributed by atoms with Gasteiger partial charge < -0.3 is 4.90 Å². The van der Waals surface area contributed by atoms with Crippen molar-refractivity contribution in [2.45, 2.75) is 19.3 Å². The summed E-state index contributed by atoms with van der Waals surface area (Å²) in [6, 6.07) is 10.2. The number of nitrogens with zero attached hydrogens (tertiary/aromatic N) is 2. The summed E-state index contributed by atoms with van der Waals surface area (Å²) < 4.78 is 0. The summed E-state index contributed by atoms with van der Waals surface area (Å²) in [7, 11) is 0. The third kappa shape index (κ3) is 2.22. The van der Waals surface area contributed by atoms with Crippen LogP contribution >= 0.6 is 0 Å². The lowest BCUT2D eigenvalue weighted by atomic mass is 10.0. The summed E-state index contributed by atoms with van der Waals surface area (Å²) in [5.74, 6) is -0.0460. The van der Waals surface area contributed by atoms with Crippen molar-refractivity contribution < 1.29 is 4.79 Å². The lowest BCUT2D eigenvalue weighted by Crippen LogP contribution is -2.32. The Hall–Kier alpha value is -1.82. The van der Waals surface area contributed by atoms with Gasteiger partial charge >= 0.3 is 0 Å². The summed E-state index contributed by atoms with van der Waals surface area (Å²) in [6.07, 6.45) is 1.79. The van der Waals surface area contributed by atoms with E-state index in [-0.39, 0.29) is 12.3 Å². The molecule has 0 aliphatic carbocycles. The van der Waals surface area contributed by atoms with Gasteiger partial charge in [0, 0.05) is 13.1 Å². The molecule has 0 unspecified atom stereocenters. The molecule has 0 fully saturated rings. The Morgan fingerprint density at radius 2 is 1.81 bits per heavy atom. The highest BCUT2D eigenvalue weighted by Crippen LogP contribution is 2.15. The van der Waals surface area contributed by atoms with Gasteiger partial charge in [0.05, 0.1) is 6.07 Å². The SMILES string of the molecule is N#CCC(=O)N1CCc2ccccc2CC1. The van der Waals surface area contributed by atoms with Crippen molar-refractivity contribution in [3.63, 3.8) is 0 Å². The zero-order chi connectivity index (χ0) is 11.4. The van der Waals surface area contributed by atoms with E-state index in [0.29, 0.717) is 0 Å². The highest BCUT2D eigenvalue weighted by molar-refractivity contribution is 5.78. The van der Waals surface area contributed by atoms with Crippen LogP contribution in [0.3, 0.4) is 0 Å². The van der Waals surface area contributed by atoms with E-state index in [1.165, 1.54) is 11.1 Å². The highest BCUT2D eigenvalue weighted by atomic mass is 16.2. The van der Waals surface area contributed by atoms with Crippen LogP contribution in [0.15, 0.2) is 24.3 Å². The lowest BCUT2D eigenvalue weighted by Gasteiger charge is -2.18. The molecule has 3 nitrogen and oxygen atoms in total. The van der Waals surface area contributed by atoms with Gasteiger partial charge in [-0.1, -0.05) is 24.3 Å². The number of benzene rings is 1. The van der Waals surface area contributed by atoms with Crippen LogP contribution in [0.1, 0.15) is 17.5 Å². The standard InChI is InChI=1S/C13H14N2O/c14-8-5-13(16)15-9-6-11-3-1-2-4-12(11)7-10-15/h1-4H,5-7,9-10H2. The number of hydrogen-bond donors (Lipinski definition) is 0. The highest BCUT2D eigenvalue weighted by Gasteiger charge is 2.17. The lowest BCUT2D eigenvalue weighted by molar-refractivity contribution is -0.130. The smallest absolute Gasteiger partial charge is 0.236 e. The minimum atomic E-state index is -0.0460. The molecule has 0 spiro atoms. The minimum absolute atomic E-state index is 0.00363. The molecule has 0 aromatic heterocycles. The molecule has 1 aromatic rings. The molecule has 16 heavy (non-hydrogen) atoms. The average Bonchev–Trinajstić information content (AvgIpc) is 2.51. The fourth-order valence-electron chi connectivity index (χ4n) is 2.10. The van der Waals surface area contributed by atoms with Crippen molar-refractivity contribution in [3.05, 3.63) is 35.4 Å². The maximum Gasteiger partial charge on any atom is 0.236 e. The van der Waals surface area contributed by atoms with Gasteiger partial charge in [0.15, 0.2) is 0 Å². The molecule has 1 aliphatic rings. The molecule has 0 N–H and O–H groups in total. The molecule has 0 saturated carbocycles. The van der Waals surface area contributed by atoms with Gasteiger partial charge in [-0.2, -0.15) is 5.26 Å². The topological polar surface area (TPSA) is 44.1 Å². The largest absolute Gasteiger partial charge is 0.341 e. The molecule has 3 heteroatoms. The molecule has 2 rings (SSSR count). The fraction of sp³-hybridized carbons (Fsp3) is 0.385. The predicted molar refractivity (Wildman–Crippen MR) is 60.7 cm³/mol. The second-order valence-electron chi connectivity index (χ2n) is 3.98. The summed E-state index contributed by atoms with van der Waals surface area (Å²) in [5, 5.41) is 8.51. The van der Waals surface area contributed by atoms with E-state index in [2.05, 4.69) is 12.1 Å². The van der Waals surface area contributed by atoms with Crippen molar-refractivity contribution in [1.29, 1.82) is 5.26 Å². The molecule has 0 radical (unpaired) electrons. The summed E-state index contributed by atoms with van der Waals surface area (Å²) in [4.78, 5) is 13.4. The Balaban J connectivity index is 2.08. The van der Waals surface area contributed by atoms with Crippen LogP contribution < -0.4 is 0 Å². The predicted octanol–water partition coefficient (Wildman–Crippen LogP) is 1.53. The number of fused-ring (bicyclic) bond motifs is 1. The summed E-state index contributed by atoms with van der Waals surface area (Å²) in [5.41, 5.74) is 2.66. The number of amides is 1. The fourth-order valence-corrected chi connectivity index (χ4v) is 2.10. The maximum absolute atomic E-state index is 11.6. The van der Waals surface area contributed by atoms with Gasteiger partial charge in [-0.05, 0) is 24.0 Å². The molecular weight excluding hydrogens is 200 g/mol. The van der Waals surface area contributed by atoms with Crippen molar-refractivity contribution in [2.75, 3.05) is 13.1 Å². The monoisotopic (exact) mass is 214 g/mol. The summed E-state index contributed by atoms with van der Waals surface area (Å²) in [6.45, 7) is 1.47. The molecule has 1 aromatic carbocycles. The van der Waals surface area contributed by atoms with Crippen LogP contribution in [0.25, 0.3) is 0 Å². The van der Waals surface area contributed by atoms with Crippen molar-refractivity contribution >= 4 is 5.91 Å². The second-order valence-corrected chi connectivity index (χ2v) is 3.98. The third-order valence-electron chi connectivity index (χ3n) is 3.00. The number of nitriles is 1. The van der Waals surface area contributed by atoms with E-state index < -0.39 is 0 Å². The average molecular weight is 214 g/mol.